The van der Waals surface area contributed by atoms with Crippen LogP contribution >= 0.6 is 27.5 Å². The fraction of sp³-hybridized carbons (Fsp3) is 0. The lowest BCUT2D eigenvalue weighted by Crippen LogP contribution is -2.13. The van der Waals surface area contributed by atoms with Crippen molar-refractivity contribution in [3.8, 4) is 0 Å². The molecule has 4 aromatic rings. The average Bonchev–Trinajstić information content (AvgIpc) is 2.94. The molecular weight excluding hydrogens is 392 g/mol. The van der Waals surface area contributed by atoms with Crippen LogP contribution in [-0.4, -0.2) is 10.9 Å². The average molecular weight is 402 g/mol. The molecule has 0 fully saturated rings. The van der Waals surface area contributed by atoms with E-state index in [1.54, 1.807) is 18.3 Å². The third kappa shape index (κ3) is 2.66. The number of nitrogens with zero attached hydrogens (tertiary/aromatic N) is 1. The highest BCUT2D eigenvalue weighted by Gasteiger charge is 2.13. The normalized spacial score (nSPS) is 11.1. The third-order valence-corrected chi connectivity index (χ3v) is 4.42. The van der Waals surface area contributed by atoms with Crippen LogP contribution in [0.2, 0.25) is 5.15 Å². The van der Waals surface area contributed by atoms with Crippen LogP contribution < -0.4 is 5.32 Å². The summed E-state index contributed by atoms with van der Waals surface area (Å²) in [6.07, 6.45) is 1.54. The first kappa shape index (κ1) is 15.2. The van der Waals surface area contributed by atoms with E-state index in [-0.39, 0.29) is 11.1 Å². The van der Waals surface area contributed by atoms with Gasteiger partial charge in [0.2, 0.25) is 0 Å². The third-order valence-electron chi connectivity index (χ3n) is 3.69. The number of fused-ring (bicyclic) bond motifs is 3. The predicted molar refractivity (Wildman–Crippen MR) is 98.6 cm³/mol. The molecule has 4 nitrogen and oxygen atoms in total. The van der Waals surface area contributed by atoms with E-state index in [2.05, 4.69) is 26.2 Å². The lowest BCUT2D eigenvalue weighted by atomic mass is 10.1. The minimum absolute atomic E-state index is 0.153. The Morgan fingerprint density at radius 2 is 1.88 bits per heavy atom. The molecule has 6 heteroatoms. The summed E-state index contributed by atoms with van der Waals surface area (Å²) in [6.45, 7) is 0. The van der Waals surface area contributed by atoms with Crippen LogP contribution in [0.5, 0.6) is 0 Å². The minimum atomic E-state index is -0.329. The number of carbonyl (C=O) groups excluding carboxylic acids is 1. The van der Waals surface area contributed by atoms with Gasteiger partial charge in [0.1, 0.15) is 16.3 Å². The summed E-state index contributed by atoms with van der Waals surface area (Å²) < 4.78 is 6.51. The number of benzene rings is 2. The second-order valence-electron chi connectivity index (χ2n) is 5.26. The van der Waals surface area contributed by atoms with Gasteiger partial charge >= 0.3 is 0 Å². The van der Waals surface area contributed by atoms with Crippen molar-refractivity contribution in [3.63, 3.8) is 0 Å². The van der Waals surface area contributed by atoms with Gasteiger partial charge in [-0.2, -0.15) is 0 Å². The molecule has 0 radical (unpaired) electrons. The molecule has 1 amide bonds. The molecule has 0 aliphatic heterocycles. The number of halogens is 2. The number of hydrogen-bond acceptors (Lipinski definition) is 3. The summed E-state index contributed by atoms with van der Waals surface area (Å²) in [6, 6.07) is 15.0. The smallest absolute Gasteiger partial charge is 0.258 e. The second kappa shape index (κ2) is 5.92. The van der Waals surface area contributed by atoms with E-state index in [0.29, 0.717) is 21.3 Å². The Bertz CT molecular complexity index is 1090. The van der Waals surface area contributed by atoms with Crippen LogP contribution in [0.1, 0.15) is 10.4 Å². The van der Waals surface area contributed by atoms with Gasteiger partial charge < -0.3 is 9.73 Å². The maximum absolute atomic E-state index is 12.4. The summed E-state index contributed by atoms with van der Waals surface area (Å²) in [7, 11) is 0. The Morgan fingerprint density at radius 1 is 1.08 bits per heavy atom. The standard InChI is InChI=1S/C18H10BrClN2O2/c19-10-7-14(17(20)21-9-10)18(23)22-11-5-6-13-12-3-1-2-4-15(12)24-16(13)8-11/h1-9H,(H,22,23). The summed E-state index contributed by atoms with van der Waals surface area (Å²) in [5, 5.41) is 5.02. The van der Waals surface area contributed by atoms with Gasteiger partial charge in [0, 0.05) is 33.2 Å². The molecule has 0 aliphatic rings. The van der Waals surface area contributed by atoms with Crippen LogP contribution in [0.25, 0.3) is 21.9 Å². The van der Waals surface area contributed by atoms with Gasteiger partial charge in [-0.3, -0.25) is 4.79 Å². The molecule has 118 valence electrons. The number of para-hydroxylation sites is 1. The Labute approximate surface area is 150 Å². The molecule has 4 rings (SSSR count). The summed E-state index contributed by atoms with van der Waals surface area (Å²) in [4.78, 5) is 16.4. The lowest BCUT2D eigenvalue weighted by Gasteiger charge is -2.06. The van der Waals surface area contributed by atoms with Crippen molar-refractivity contribution in [1.29, 1.82) is 0 Å². The van der Waals surface area contributed by atoms with E-state index in [9.17, 15) is 4.79 Å². The van der Waals surface area contributed by atoms with Gasteiger partial charge in [-0.15, -0.1) is 0 Å². The maximum atomic E-state index is 12.4. The highest BCUT2D eigenvalue weighted by Crippen LogP contribution is 2.30. The van der Waals surface area contributed by atoms with Crippen LogP contribution in [0.15, 0.2) is 63.6 Å². The van der Waals surface area contributed by atoms with Gasteiger partial charge in [0.05, 0.1) is 5.56 Å². The zero-order chi connectivity index (χ0) is 16.7. The second-order valence-corrected chi connectivity index (χ2v) is 6.53. The Balaban J connectivity index is 1.70. The molecule has 0 spiro atoms. The highest BCUT2D eigenvalue weighted by atomic mass is 79.9. The topological polar surface area (TPSA) is 55.1 Å². The van der Waals surface area contributed by atoms with Crippen molar-refractivity contribution in [2.75, 3.05) is 5.32 Å². The quantitative estimate of drug-likeness (QED) is 0.442. The number of anilines is 1. The first-order chi connectivity index (χ1) is 11.6. The van der Waals surface area contributed by atoms with Crippen LogP contribution in [0, 0.1) is 0 Å². The number of amides is 1. The lowest BCUT2D eigenvalue weighted by molar-refractivity contribution is 0.102. The van der Waals surface area contributed by atoms with E-state index in [1.807, 2.05) is 36.4 Å². The van der Waals surface area contributed by atoms with Crippen molar-refractivity contribution in [2.24, 2.45) is 0 Å². The molecule has 1 N–H and O–H groups in total. The number of nitrogens with one attached hydrogen (secondary N) is 1. The van der Waals surface area contributed by atoms with E-state index in [4.69, 9.17) is 16.0 Å². The van der Waals surface area contributed by atoms with Crippen LogP contribution in [0.4, 0.5) is 5.69 Å². The molecular formula is C18H10BrClN2O2. The van der Waals surface area contributed by atoms with Gasteiger partial charge in [0.25, 0.3) is 5.91 Å². The fourth-order valence-corrected chi connectivity index (χ4v) is 3.10. The molecule has 24 heavy (non-hydrogen) atoms. The largest absolute Gasteiger partial charge is 0.456 e. The first-order valence-corrected chi connectivity index (χ1v) is 8.32. The molecule has 0 unspecified atom stereocenters. The predicted octanol–water partition coefficient (Wildman–Crippen LogP) is 5.65. The molecule has 0 aliphatic carbocycles. The zero-order valence-corrected chi connectivity index (χ0v) is 14.6. The van der Waals surface area contributed by atoms with Crippen molar-refractivity contribution in [3.05, 3.63) is 69.9 Å². The molecule has 0 bridgehead atoms. The summed E-state index contributed by atoms with van der Waals surface area (Å²) in [5.74, 6) is -0.329. The molecule has 0 atom stereocenters. The summed E-state index contributed by atoms with van der Waals surface area (Å²) in [5.41, 5.74) is 2.46. The fourth-order valence-electron chi connectivity index (χ4n) is 2.58. The number of aromatic nitrogens is 1. The van der Waals surface area contributed by atoms with Gasteiger partial charge in [-0.1, -0.05) is 29.8 Å². The van der Waals surface area contributed by atoms with E-state index in [0.717, 1.165) is 16.4 Å². The van der Waals surface area contributed by atoms with Crippen molar-refractivity contribution >= 4 is 61.1 Å². The molecule has 2 heterocycles. The zero-order valence-electron chi connectivity index (χ0n) is 12.2. The first-order valence-electron chi connectivity index (χ1n) is 7.15. The van der Waals surface area contributed by atoms with Gasteiger partial charge in [-0.05, 0) is 40.2 Å². The van der Waals surface area contributed by atoms with Crippen LogP contribution in [0.3, 0.4) is 0 Å². The molecule has 0 saturated heterocycles. The summed E-state index contributed by atoms with van der Waals surface area (Å²) >= 11 is 9.28. The SMILES string of the molecule is O=C(Nc1ccc2c(c1)oc1ccccc12)c1cc(Br)cnc1Cl. The number of furan rings is 1. The van der Waals surface area contributed by atoms with E-state index in [1.165, 1.54) is 0 Å². The van der Waals surface area contributed by atoms with Gasteiger partial charge in [-0.25, -0.2) is 4.98 Å². The Hall–Kier alpha value is -2.37. The van der Waals surface area contributed by atoms with E-state index < -0.39 is 0 Å². The molecule has 2 aromatic heterocycles. The van der Waals surface area contributed by atoms with Crippen LogP contribution in [-0.2, 0) is 0 Å². The molecule has 0 saturated carbocycles. The Kier molecular flexibility index (Phi) is 3.75. The molecule has 2 aromatic carbocycles. The van der Waals surface area contributed by atoms with Crippen molar-refractivity contribution in [1.82, 2.24) is 4.98 Å². The van der Waals surface area contributed by atoms with Crippen molar-refractivity contribution < 1.29 is 9.21 Å². The van der Waals surface area contributed by atoms with E-state index >= 15 is 0 Å². The van der Waals surface area contributed by atoms with Gasteiger partial charge in [0.15, 0.2) is 0 Å². The Morgan fingerprint density at radius 3 is 2.75 bits per heavy atom. The number of hydrogen-bond donors (Lipinski definition) is 1. The highest BCUT2D eigenvalue weighted by molar-refractivity contribution is 9.10. The minimum Gasteiger partial charge on any atom is -0.456 e. The monoisotopic (exact) mass is 400 g/mol. The maximum Gasteiger partial charge on any atom is 0.258 e. The number of pyridine rings is 1. The number of carbonyl (C=O) groups is 1. The number of rotatable bonds is 2. The van der Waals surface area contributed by atoms with Crippen molar-refractivity contribution in [2.45, 2.75) is 0 Å².